The van der Waals surface area contributed by atoms with Crippen molar-refractivity contribution in [3.8, 4) is 5.75 Å². The summed E-state index contributed by atoms with van der Waals surface area (Å²) in [6.45, 7) is 0.798. The molecule has 0 aliphatic carbocycles. The summed E-state index contributed by atoms with van der Waals surface area (Å²) >= 11 is 5.83. The Bertz CT molecular complexity index is 555. The highest BCUT2D eigenvalue weighted by molar-refractivity contribution is 6.31. The fraction of sp³-hybridized carbons (Fsp3) is 0.188. The van der Waals surface area contributed by atoms with Crippen molar-refractivity contribution in [1.82, 2.24) is 0 Å². The number of carbonyl (C=O) groups excluding carboxylic acids is 1. The second kappa shape index (κ2) is 7.68. The van der Waals surface area contributed by atoms with Gasteiger partial charge in [0.25, 0.3) is 0 Å². The summed E-state index contributed by atoms with van der Waals surface area (Å²) in [5.74, 6) is 0.699. The van der Waals surface area contributed by atoms with Gasteiger partial charge in [0, 0.05) is 10.6 Å². The molecule has 2 aromatic carbocycles. The van der Waals surface area contributed by atoms with Crippen molar-refractivity contribution in [2.75, 3.05) is 19.8 Å². The Hall–Kier alpha value is -1.84. The molecule has 0 N–H and O–H groups in total. The summed E-state index contributed by atoms with van der Waals surface area (Å²) in [6, 6.07) is 16.3. The molecule has 0 aromatic heterocycles. The maximum Gasteiger partial charge on any atom is 0.188 e. The summed E-state index contributed by atoms with van der Waals surface area (Å²) < 4.78 is 10.7. The van der Waals surface area contributed by atoms with Crippen LogP contribution in [0.3, 0.4) is 0 Å². The summed E-state index contributed by atoms with van der Waals surface area (Å²) in [5, 5.41) is 0.545. The molecule has 20 heavy (non-hydrogen) atoms. The van der Waals surface area contributed by atoms with E-state index < -0.39 is 0 Å². The van der Waals surface area contributed by atoms with Crippen molar-refractivity contribution >= 4 is 17.4 Å². The number of ketones is 1. The SMILES string of the molecule is O=C(COCCOc1ccccc1)c1cccc(Cl)c1. The topological polar surface area (TPSA) is 35.5 Å². The van der Waals surface area contributed by atoms with Crippen LogP contribution in [0, 0.1) is 0 Å². The van der Waals surface area contributed by atoms with Crippen LogP contribution in [0.5, 0.6) is 5.75 Å². The minimum atomic E-state index is -0.0905. The second-order valence-electron chi connectivity index (χ2n) is 4.15. The average molecular weight is 291 g/mol. The molecular weight excluding hydrogens is 276 g/mol. The molecule has 0 saturated carbocycles. The van der Waals surface area contributed by atoms with Crippen molar-refractivity contribution in [2.45, 2.75) is 0 Å². The summed E-state index contributed by atoms with van der Waals surface area (Å²) in [6.07, 6.45) is 0. The van der Waals surface area contributed by atoms with Gasteiger partial charge in [-0.1, -0.05) is 41.9 Å². The van der Waals surface area contributed by atoms with Crippen molar-refractivity contribution in [2.24, 2.45) is 0 Å². The lowest BCUT2D eigenvalue weighted by Gasteiger charge is -2.06. The Morgan fingerprint density at radius 3 is 2.55 bits per heavy atom. The van der Waals surface area contributed by atoms with Crippen LogP contribution in [-0.2, 0) is 4.74 Å². The Labute approximate surface area is 123 Å². The maximum atomic E-state index is 11.8. The van der Waals surface area contributed by atoms with Gasteiger partial charge in [-0.2, -0.15) is 0 Å². The molecule has 0 aliphatic rings. The van der Waals surface area contributed by atoms with Crippen LogP contribution < -0.4 is 4.74 Å². The number of hydrogen-bond acceptors (Lipinski definition) is 3. The zero-order valence-corrected chi connectivity index (χ0v) is 11.7. The van der Waals surface area contributed by atoms with E-state index in [1.807, 2.05) is 30.3 Å². The van der Waals surface area contributed by atoms with E-state index in [0.29, 0.717) is 23.8 Å². The van der Waals surface area contributed by atoms with Crippen LogP contribution in [0.25, 0.3) is 0 Å². The maximum absolute atomic E-state index is 11.8. The lowest BCUT2D eigenvalue weighted by molar-refractivity contribution is 0.0688. The van der Waals surface area contributed by atoms with Gasteiger partial charge in [0.2, 0.25) is 0 Å². The number of hydrogen-bond donors (Lipinski definition) is 0. The van der Waals surface area contributed by atoms with Crippen molar-refractivity contribution in [1.29, 1.82) is 0 Å². The summed E-state index contributed by atoms with van der Waals surface area (Å²) in [4.78, 5) is 11.8. The molecule has 3 nitrogen and oxygen atoms in total. The van der Waals surface area contributed by atoms with Crippen LogP contribution in [0.1, 0.15) is 10.4 Å². The molecule has 0 spiro atoms. The predicted molar refractivity (Wildman–Crippen MR) is 78.5 cm³/mol. The Balaban J connectivity index is 1.67. The normalized spacial score (nSPS) is 10.2. The van der Waals surface area contributed by atoms with E-state index >= 15 is 0 Å². The molecular formula is C16H15ClO3. The van der Waals surface area contributed by atoms with E-state index in [4.69, 9.17) is 21.1 Å². The van der Waals surface area contributed by atoms with Gasteiger partial charge in [0.15, 0.2) is 5.78 Å². The third-order valence-corrected chi connectivity index (χ3v) is 2.85. The van der Waals surface area contributed by atoms with Gasteiger partial charge in [-0.3, -0.25) is 4.79 Å². The van der Waals surface area contributed by atoms with E-state index in [9.17, 15) is 4.79 Å². The molecule has 0 atom stereocenters. The Morgan fingerprint density at radius 1 is 1.00 bits per heavy atom. The smallest absolute Gasteiger partial charge is 0.188 e. The van der Waals surface area contributed by atoms with Gasteiger partial charge in [-0.25, -0.2) is 0 Å². The summed E-state index contributed by atoms with van der Waals surface area (Å²) in [5.41, 5.74) is 0.557. The Morgan fingerprint density at radius 2 is 1.80 bits per heavy atom. The predicted octanol–water partition coefficient (Wildman–Crippen LogP) is 3.62. The third-order valence-electron chi connectivity index (χ3n) is 2.62. The average Bonchev–Trinajstić information content (AvgIpc) is 2.48. The molecule has 2 rings (SSSR count). The highest BCUT2D eigenvalue weighted by atomic mass is 35.5. The molecule has 0 aliphatic heterocycles. The van der Waals surface area contributed by atoms with E-state index in [2.05, 4.69) is 0 Å². The van der Waals surface area contributed by atoms with Crippen LogP contribution in [0.15, 0.2) is 54.6 Å². The largest absolute Gasteiger partial charge is 0.491 e. The first-order valence-electron chi connectivity index (χ1n) is 6.30. The van der Waals surface area contributed by atoms with Crippen LogP contribution in [-0.4, -0.2) is 25.6 Å². The minimum Gasteiger partial charge on any atom is -0.491 e. The number of benzene rings is 2. The van der Waals surface area contributed by atoms with Crippen molar-refractivity contribution < 1.29 is 14.3 Å². The lowest BCUT2D eigenvalue weighted by Crippen LogP contribution is -2.13. The molecule has 104 valence electrons. The molecule has 0 heterocycles. The number of Topliss-reactive ketones (excluding diaryl/α,β-unsaturated/α-hetero) is 1. The third kappa shape index (κ3) is 4.68. The molecule has 0 bridgehead atoms. The number of rotatable bonds is 7. The highest BCUT2D eigenvalue weighted by Crippen LogP contribution is 2.11. The number of carbonyl (C=O) groups is 1. The molecule has 0 radical (unpaired) electrons. The first-order valence-corrected chi connectivity index (χ1v) is 6.68. The van der Waals surface area contributed by atoms with E-state index in [-0.39, 0.29) is 12.4 Å². The van der Waals surface area contributed by atoms with Gasteiger partial charge in [-0.05, 0) is 24.3 Å². The van der Waals surface area contributed by atoms with Gasteiger partial charge in [0.1, 0.15) is 19.0 Å². The van der Waals surface area contributed by atoms with E-state index in [1.54, 1.807) is 24.3 Å². The Kier molecular flexibility index (Phi) is 5.59. The highest BCUT2D eigenvalue weighted by Gasteiger charge is 2.06. The van der Waals surface area contributed by atoms with Crippen molar-refractivity contribution in [3.63, 3.8) is 0 Å². The van der Waals surface area contributed by atoms with Crippen LogP contribution >= 0.6 is 11.6 Å². The zero-order chi connectivity index (χ0) is 14.2. The van der Waals surface area contributed by atoms with Crippen LogP contribution in [0.4, 0.5) is 0 Å². The number of halogens is 1. The molecule has 0 saturated heterocycles. The second-order valence-corrected chi connectivity index (χ2v) is 4.58. The fourth-order valence-corrected chi connectivity index (χ4v) is 1.84. The first-order chi connectivity index (χ1) is 9.75. The standard InChI is InChI=1S/C16H15ClO3/c17-14-6-4-5-13(11-14)16(18)12-19-9-10-20-15-7-2-1-3-8-15/h1-8,11H,9-10,12H2. The summed E-state index contributed by atoms with van der Waals surface area (Å²) in [7, 11) is 0. The minimum absolute atomic E-state index is 0.0263. The van der Waals surface area contributed by atoms with Crippen molar-refractivity contribution in [3.05, 3.63) is 65.2 Å². The van der Waals surface area contributed by atoms with E-state index in [0.717, 1.165) is 5.75 Å². The molecule has 0 amide bonds. The van der Waals surface area contributed by atoms with Gasteiger partial charge >= 0.3 is 0 Å². The first kappa shape index (κ1) is 14.6. The van der Waals surface area contributed by atoms with Crippen LogP contribution in [0.2, 0.25) is 5.02 Å². The number of ether oxygens (including phenoxy) is 2. The molecule has 2 aromatic rings. The van der Waals surface area contributed by atoms with Gasteiger partial charge in [-0.15, -0.1) is 0 Å². The molecule has 4 heteroatoms. The molecule has 0 unspecified atom stereocenters. The van der Waals surface area contributed by atoms with Gasteiger partial charge < -0.3 is 9.47 Å². The van der Waals surface area contributed by atoms with Gasteiger partial charge in [0.05, 0.1) is 6.61 Å². The number of para-hydroxylation sites is 1. The molecule has 0 fully saturated rings. The lowest BCUT2D eigenvalue weighted by atomic mass is 10.1. The zero-order valence-electron chi connectivity index (χ0n) is 10.9. The fourth-order valence-electron chi connectivity index (χ4n) is 1.65. The van der Waals surface area contributed by atoms with E-state index in [1.165, 1.54) is 0 Å². The monoisotopic (exact) mass is 290 g/mol. The quantitative estimate of drug-likeness (QED) is 0.577.